The van der Waals surface area contributed by atoms with Crippen LogP contribution in [0.2, 0.25) is 0 Å². The van der Waals surface area contributed by atoms with Crippen molar-refractivity contribution in [3.8, 4) is 5.75 Å². The summed E-state index contributed by atoms with van der Waals surface area (Å²) in [7, 11) is 0. The van der Waals surface area contributed by atoms with Crippen LogP contribution < -0.4 is 4.74 Å². The van der Waals surface area contributed by atoms with Crippen molar-refractivity contribution in [2.45, 2.75) is 6.18 Å². The maximum Gasteiger partial charge on any atom is 0.416 e. The molecule has 126 valence electrons. The number of esters is 1. The van der Waals surface area contributed by atoms with E-state index in [0.29, 0.717) is 5.75 Å². The van der Waals surface area contributed by atoms with Gasteiger partial charge in [0.2, 0.25) is 0 Å². The van der Waals surface area contributed by atoms with Gasteiger partial charge in [-0.05, 0) is 46.7 Å². The lowest BCUT2D eigenvalue weighted by Crippen LogP contribution is -2.05. The average molecular weight is 342 g/mol. The van der Waals surface area contributed by atoms with Crippen LogP contribution in [0.25, 0.3) is 16.8 Å². The molecule has 0 atom stereocenters. The minimum Gasteiger partial charge on any atom is -0.423 e. The standard InChI is InChI=1S/C20H13F3O2/c21-20(22,23)17-7-3-4-14(12-17)8-11-19(24)25-18-10-9-15-5-1-2-6-16(15)13-18/h1-13H/b11-8+. The van der Waals surface area contributed by atoms with Gasteiger partial charge in [-0.2, -0.15) is 13.2 Å². The number of hydrogen-bond acceptors (Lipinski definition) is 2. The first-order valence-corrected chi connectivity index (χ1v) is 7.48. The average Bonchev–Trinajstić information content (AvgIpc) is 2.59. The number of hydrogen-bond donors (Lipinski definition) is 0. The van der Waals surface area contributed by atoms with Crippen molar-refractivity contribution in [3.05, 3.63) is 83.9 Å². The smallest absolute Gasteiger partial charge is 0.416 e. The number of alkyl halides is 3. The number of halogens is 3. The molecule has 3 aromatic carbocycles. The van der Waals surface area contributed by atoms with Crippen LogP contribution in [0.4, 0.5) is 13.2 Å². The molecule has 0 bridgehead atoms. The third kappa shape index (κ3) is 4.26. The predicted octanol–water partition coefficient (Wildman–Crippen LogP) is 5.48. The highest BCUT2D eigenvalue weighted by Gasteiger charge is 2.30. The molecule has 0 saturated carbocycles. The fourth-order valence-corrected chi connectivity index (χ4v) is 2.36. The van der Waals surface area contributed by atoms with E-state index in [9.17, 15) is 18.0 Å². The lowest BCUT2D eigenvalue weighted by Gasteiger charge is -2.06. The molecule has 3 rings (SSSR count). The van der Waals surface area contributed by atoms with Crippen molar-refractivity contribution in [2.75, 3.05) is 0 Å². The molecule has 0 aromatic heterocycles. The van der Waals surface area contributed by atoms with Gasteiger partial charge in [0.05, 0.1) is 5.56 Å². The number of carbonyl (C=O) groups excluding carboxylic acids is 1. The lowest BCUT2D eigenvalue weighted by atomic mass is 10.1. The summed E-state index contributed by atoms with van der Waals surface area (Å²) < 4.78 is 43.2. The molecule has 25 heavy (non-hydrogen) atoms. The van der Waals surface area contributed by atoms with Gasteiger partial charge in [-0.25, -0.2) is 4.79 Å². The molecular weight excluding hydrogens is 329 g/mol. The van der Waals surface area contributed by atoms with Gasteiger partial charge < -0.3 is 4.74 Å². The molecule has 0 aliphatic rings. The number of fused-ring (bicyclic) bond motifs is 1. The maximum atomic E-state index is 12.7. The third-order valence-electron chi connectivity index (χ3n) is 3.57. The van der Waals surface area contributed by atoms with Crippen LogP contribution in [0.5, 0.6) is 5.75 Å². The molecule has 0 N–H and O–H groups in total. The molecule has 0 aliphatic carbocycles. The first-order chi connectivity index (χ1) is 11.9. The van der Waals surface area contributed by atoms with Crippen LogP contribution in [-0.4, -0.2) is 5.97 Å². The minimum absolute atomic E-state index is 0.269. The Morgan fingerprint density at radius 1 is 0.880 bits per heavy atom. The van der Waals surface area contributed by atoms with Gasteiger partial charge in [0.25, 0.3) is 0 Å². The van der Waals surface area contributed by atoms with Crippen LogP contribution >= 0.6 is 0 Å². The monoisotopic (exact) mass is 342 g/mol. The topological polar surface area (TPSA) is 26.3 Å². The van der Waals surface area contributed by atoms with Crippen LogP contribution in [0.1, 0.15) is 11.1 Å². The molecule has 0 amide bonds. The molecule has 0 fully saturated rings. The van der Waals surface area contributed by atoms with Crippen LogP contribution in [0.15, 0.2) is 72.8 Å². The summed E-state index contributed by atoms with van der Waals surface area (Å²) in [6.45, 7) is 0. The van der Waals surface area contributed by atoms with Crippen molar-refractivity contribution >= 4 is 22.8 Å². The second-order valence-corrected chi connectivity index (χ2v) is 5.39. The van der Waals surface area contributed by atoms with E-state index in [1.807, 2.05) is 30.3 Å². The fraction of sp³-hybridized carbons (Fsp3) is 0.0500. The summed E-state index contributed by atoms with van der Waals surface area (Å²) in [6, 6.07) is 17.6. The minimum atomic E-state index is -4.42. The van der Waals surface area contributed by atoms with E-state index < -0.39 is 17.7 Å². The molecular formula is C20H13F3O2. The van der Waals surface area contributed by atoms with E-state index in [2.05, 4.69) is 0 Å². The van der Waals surface area contributed by atoms with Crippen molar-refractivity contribution in [3.63, 3.8) is 0 Å². The first kappa shape index (κ1) is 16.8. The zero-order valence-corrected chi connectivity index (χ0v) is 13.0. The second-order valence-electron chi connectivity index (χ2n) is 5.39. The van der Waals surface area contributed by atoms with Gasteiger partial charge in [0.15, 0.2) is 0 Å². The fourth-order valence-electron chi connectivity index (χ4n) is 2.36. The van der Waals surface area contributed by atoms with E-state index in [4.69, 9.17) is 4.74 Å². The third-order valence-corrected chi connectivity index (χ3v) is 3.57. The lowest BCUT2D eigenvalue weighted by molar-refractivity contribution is -0.137. The van der Waals surface area contributed by atoms with Crippen molar-refractivity contribution in [2.24, 2.45) is 0 Å². The number of carbonyl (C=O) groups is 1. The van der Waals surface area contributed by atoms with Crippen LogP contribution in [0, 0.1) is 0 Å². The zero-order valence-electron chi connectivity index (χ0n) is 13.0. The molecule has 0 radical (unpaired) electrons. The highest BCUT2D eigenvalue weighted by Crippen LogP contribution is 2.29. The Labute approximate surface area is 142 Å². The second kappa shape index (κ2) is 6.81. The first-order valence-electron chi connectivity index (χ1n) is 7.48. The summed E-state index contributed by atoms with van der Waals surface area (Å²) in [4.78, 5) is 11.9. The van der Waals surface area contributed by atoms with Gasteiger partial charge in [0, 0.05) is 6.08 Å². The van der Waals surface area contributed by atoms with Crippen LogP contribution in [-0.2, 0) is 11.0 Å². The summed E-state index contributed by atoms with van der Waals surface area (Å²) in [6.07, 6.45) is -2.03. The normalized spacial score (nSPS) is 11.8. The summed E-state index contributed by atoms with van der Waals surface area (Å²) in [5, 5.41) is 1.94. The van der Waals surface area contributed by atoms with E-state index in [0.717, 1.165) is 29.0 Å². The van der Waals surface area contributed by atoms with Gasteiger partial charge in [-0.15, -0.1) is 0 Å². The molecule has 2 nitrogen and oxygen atoms in total. The predicted molar refractivity (Wildman–Crippen MR) is 90.1 cm³/mol. The molecule has 0 spiro atoms. The quantitative estimate of drug-likeness (QED) is 0.358. The van der Waals surface area contributed by atoms with E-state index in [1.54, 1.807) is 12.1 Å². The highest BCUT2D eigenvalue weighted by atomic mass is 19.4. The Morgan fingerprint density at radius 3 is 2.40 bits per heavy atom. The number of ether oxygens (including phenoxy) is 1. The summed E-state index contributed by atoms with van der Waals surface area (Å²) in [5.74, 6) is -0.287. The molecule has 0 heterocycles. The van der Waals surface area contributed by atoms with E-state index in [-0.39, 0.29) is 5.56 Å². The van der Waals surface area contributed by atoms with Crippen molar-refractivity contribution in [1.29, 1.82) is 0 Å². The molecule has 3 aromatic rings. The summed E-state index contributed by atoms with van der Waals surface area (Å²) in [5.41, 5.74) is -0.497. The van der Waals surface area contributed by atoms with Gasteiger partial charge in [-0.1, -0.05) is 42.5 Å². The van der Waals surface area contributed by atoms with Crippen molar-refractivity contribution < 1.29 is 22.7 Å². The van der Waals surface area contributed by atoms with Crippen LogP contribution in [0.3, 0.4) is 0 Å². The molecule has 0 aliphatic heterocycles. The molecule has 0 saturated heterocycles. The largest absolute Gasteiger partial charge is 0.423 e. The van der Waals surface area contributed by atoms with E-state index >= 15 is 0 Å². The Bertz CT molecular complexity index is 943. The Morgan fingerprint density at radius 2 is 1.64 bits per heavy atom. The van der Waals surface area contributed by atoms with Gasteiger partial charge >= 0.3 is 12.1 Å². The molecule has 0 unspecified atom stereocenters. The van der Waals surface area contributed by atoms with E-state index in [1.165, 1.54) is 18.2 Å². The van der Waals surface area contributed by atoms with Gasteiger partial charge in [-0.3, -0.25) is 0 Å². The zero-order chi connectivity index (χ0) is 17.9. The van der Waals surface area contributed by atoms with Gasteiger partial charge in [0.1, 0.15) is 5.75 Å². The summed E-state index contributed by atoms with van der Waals surface area (Å²) >= 11 is 0. The SMILES string of the molecule is O=C(/C=C/c1cccc(C(F)(F)F)c1)Oc1ccc2ccccc2c1. The van der Waals surface area contributed by atoms with Crippen molar-refractivity contribution in [1.82, 2.24) is 0 Å². The number of rotatable bonds is 3. The molecule has 5 heteroatoms. The Kier molecular flexibility index (Phi) is 4.57. The maximum absolute atomic E-state index is 12.7. The Balaban J connectivity index is 1.72. The number of benzene rings is 3. The Hall–Kier alpha value is -3.08. The highest BCUT2D eigenvalue weighted by molar-refractivity contribution is 5.90.